The zero-order chi connectivity index (χ0) is 15.1. The molecule has 0 spiro atoms. The summed E-state index contributed by atoms with van der Waals surface area (Å²) in [6, 6.07) is 0. The van der Waals surface area contributed by atoms with E-state index in [1.165, 1.54) is 0 Å². The minimum Gasteiger partial charge on any atom is -0.378 e. The van der Waals surface area contributed by atoms with E-state index in [-0.39, 0.29) is 6.16 Å². The maximum atomic E-state index is 12.1. The summed E-state index contributed by atoms with van der Waals surface area (Å²) in [5.41, 5.74) is 0. The average Bonchev–Trinajstić information content (AvgIpc) is 2.41. The largest absolute Gasteiger partial charge is 0.378 e. The third-order valence-corrected chi connectivity index (χ3v) is 4.48. The molecule has 0 saturated heterocycles. The predicted octanol–water partition coefficient (Wildman–Crippen LogP) is 2.70. The second-order valence-corrected chi connectivity index (χ2v) is 6.67. The average molecular weight is 377 g/mol. The lowest BCUT2D eigenvalue weighted by molar-refractivity contribution is 0.0197. The fourth-order valence-corrected chi connectivity index (χ4v) is 3.03. The summed E-state index contributed by atoms with van der Waals surface area (Å²) in [6.45, 7) is 7.41. The van der Waals surface area contributed by atoms with Crippen molar-refractivity contribution in [2.24, 2.45) is 0 Å². The predicted molar refractivity (Wildman–Crippen MR) is 82.0 cm³/mol. The molecule has 0 N–H and O–H groups in total. The third kappa shape index (κ3) is 12.3. The van der Waals surface area contributed by atoms with Gasteiger partial charge in [-0.05, 0) is 13.8 Å². The monoisotopic (exact) mass is 376 g/mol. The molecular formula is C12H26BrO6P. The number of rotatable bonds is 15. The molecule has 0 aromatic rings. The molecular weight excluding hydrogens is 351 g/mol. The van der Waals surface area contributed by atoms with Crippen LogP contribution in [0.1, 0.15) is 13.8 Å². The molecule has 0 aliphatic rings. The van der Waals surface area contributed by atoms with Gasteiger partial charge in [0, 0.05) is 5.33 Å². The van der Waals surface area contributed by atoms with Crippen LogP contribution in [0.15, 0.2) is 0 Å². The molecule has 0 aromatic carbocycles. The fourth-order valence-electron chi connectivity index (χ4n) is 1.33. The van der Waals surface area contributed by atoms with Crippen molar-refractivity contribution in [2.45, 2.75) is 13.8 Å². The molecule has 0 radical (unpaired) electrons. The van der Waals surface area contributed by atoms with E-state index in [2.05, 4.69) is 15.9 Å². The number of hydrogen-bond acceptors (Lipinski definition) is 6. The van der Waals surface area contributed by atoms with Gasteiger partial charge in [-0.25, -0.2) is 0 Å². The SMILES string of the molecule is CCOP(=O)(CCOCCOCCOCCBr)OCC. The smallest absolute Gasteiger partial charge is 0.332 e. The summed E-state index contributed by atoms with van der Waals surface area (Å²) in [5.74, 6) is 0. The van der Waals surface area contributed by atoms with Gasteiger partial charge >= 0.3 is 7.60 Å². The van der Waals surface area contributed by atoms with E-state index in [4.69, 9.17) is 23.3 Å². The number of hydrogen-bond donors (Lipinski definition) is 0. The lowest BCUT2D eigenvalue weighted by Gasteiger charge is -2.16. The number of halogens is 1. The minimum absolute atomic E-state index is 0.267. The molecule has 0 amide bonds. The van der Waals surface area contributed by atoms with Crippen molar-refractivity contribution in [3.05, 3.63) is 0 Å². The summed E-state index contributed by atoms with van der Waals surface area (Å²) in [5, 5.41) is 0.829. The van der Waals surface area contributed by atoms with Crippen molar-refractivity contribution >= 4 is 23.5 Å². The molecule has 0 unspecified atom stereocenters. The highest BCUT2D eigenvalue weighted by molar-refractivity contribution is 9.09. The Morgan fingerprint density at radius 3 is 1.70 bits per heavy atom. The van der Waals surface area contributed by atoms with E-state index in [0.29, 0.717) is 52.9 Å². The molecule has 0 aliphatic heterocycles. The Hall–Kier alpha value is 0.510. The number of alkyl halides is 1. The Labute approximate surface area is 130 Å². The normalized spacial score (nSPS) is 11.9. The fraction of sp³-hybridized carbons (Fsp3) is 1.00. The van der Waals surface area contributed by atoms with Crippen LogP contribution >= 0.6 is 23.5 Å². The highest BCUT2D eigenvalue weighted by atomic mass is 79.9. The van der Waals surface area contributed by atoms with Gasteiger partial charge in [-0.1, -0.05) is 15.9 Å². The van der Waals surface area contributed by atoms with E-state index in [1.54, 1.807) is 13.8 Å². The first-order valence-electron chi connectivity index (χ1n) is 6.85. The highest BCUT2D eigenvalue weighted by Gasteiger charge is 2.22. The topological polar surface area (TPSA) is 63.2 Å². The van der Waals surface area contributed by atoms with Gasteiger partial charge in [0.25, 0.3) is 0 Å². The van der Waals surface area contributed by atoms with E-state index in [0.717, 1.165) is 5.33 Å². The molecule has 0 saturated carbocycles. The van der Waals surface area contributed by atoms with Gasteiger partial charge in [-0.2, -0.15) is 0 Å². The van der Waals surface area contributed by atoms with Gasteiger partial charge in [0.1, 0.15) is 0 Å². The van der Waals surface area contributed by atoms with Gasteiger partial charge in [-0.3, -0.25) is 4.57 Å². The van der Waals surface area contributed by atoms with Crippen LogP contribution in [-0.4, -0.2) is 64.3 Å². The molecule has 6 nitrogen and oxygen atoms in total. The lowest BCUT2D eigenvalue weighted by atomic mass is 10.7. The Balaban J connectivity index is 3.43. The maximum Gasteiger partial charge on any atom is 0.332 e. The molecule has 8 heteroatoms. The second-order valence-electron chi connectivity index (χ2n) is 3.70. The quantitative estimate of drug-likeness (QED) is 0.248. The lowest BCUT2D eigenvalue weighted by Crippen LogP contribution is -2.12. The van der Waals surface area contributed by atoms with Crippen LogP contribution < -0.4 is 0 Å². The van der Waals surface area contributed by atoms with E-state index >= 15 is 0 Å². The van der Waals surface area contributed by atoms with E-state index < -0.39 is 7.60 Å². The van der Waals surface area contributed by atoms with Crippen LogP contribution in [0.25, 0.3) is 0 Å². The van der Waals surface area contributed by atoms with Gasteiger partial charge in [-0.15, -0.1) is 0 Å². The molecule has 0 fully saturated rings. The number of ether oxygens (including phenoxy) is 3. The van der Waals surface area contributed by atoms with Crippen molar-refractivity contribution in [2.75, 3.05) is 64.3 Å². The molecule has 0 aromatic heterocycles. The Kier molecular flexibility index (Phi) is 14.8. The summed E-state index contributed by atoms with van der Waals surface area (Å²) in [4.78, 5) is 0. The van der Waals surface area contributed by atoms with Crippen LogP contribution in [0.2, 0.25) is 0 Å². The highest BCUT2D eigenvalue weighted by Crippen LogP contribution is 2.47. The Bertz CT molecular complexity index is 244. The second kappa shape index (κ2) is 14.4. The summed E-state index contributed by atoms with van der Waals surface area (Å²) in [6.07, 6.45) is 0.267. The molecule has 0 heterocycles. The minimum atomic E-state index is -2.98. The van der Waals surface area contributed by atoms with Gasteiger partial charge in [0.15, 0.2) is 0 Å². The molecule has 20 heavy (non-hydrogen) atoms. The molecule has 0 bridgehead atoms. The first-order valence-corrected chi connectivity index (χ1v) is 9.70. The summed E-state index contributed by atoms with van der Waals surface area (Å²) < 4.78 is 38.3. The molecule has 122 valence electrons. The molecule has 0 rings (SSSR count). The van der Waals surface area contributed by atoms with Crippen molar-refractivity contribution < 1.29 is 27.8 Å². The summed E-state index contributed by atoms with van der Waals surface area (Å²) in [7, 11) is -2.98. The van der Waals surface area contributed by atoms with Crippen molar-refractivity contribution in [3.63, 3.8) is 0 Å². The maximum absolute atomic E-state index is 12.1. The van der Waals surface area contributed by atoms with Crippen molar-refractivity contribution in [1.29, 1.82) is 0 Å². The molecule has 0 atom stereocenters. The summed E-state index contributed by atoms with van der Waals surface area (Å²) >= 11 is 3.27. The first-order chi connectivity index (χ1) is 9.68. The first kappa shape index (κ1) is 20.5. The van der Waals surface area contributed by atoms with Gasteiger partial charge in [0.05, 0.1) is 59.0 Å². The van der Waals surface area contributed by atoms with Crippen LogP contribution in [0.4, 0.5) is 0 Å². The van der Waals surface area contributed by atoms with Gasteiger partial charge < -0.3 is 23.3 Å². The van der Waals surface area contributed by atoms with E-state index in [9.17, 15) is 4.57 Å². The van der Waals surface area contributed by atoms with Crippen LogP contribution in [-0.2, 0) is 27.8 Å². The van der Waals surface area contributed by atoms with Crippen LogP contribution in [0, 0.1) is 0 Å². The van der Waals surface area contributed by atoms with Crippen molar-refractivity contribution in [3.8, 4) is 0 Å². The molecule has 0 aliphatic carbocycles. The zero-order valence-corrected chi connectivity index (χ0v) is 14.8. The van der Waals surface area contributed by atoms with Crippen molar-refractivity contribution in [1.82, 2.24) is 0 Å². The van der Waals surface area contributed by atoms with Gasteiger partial charge in [0.2, 0.25) is 0 Å². The Morgan fingerprint density at radius 1 is 0.800 bits per heavy atom. The third-order valence-electron chi connectivity index (χ3n) is 2.13. The zero-order valence-electron chi connectivity index (χ0n) is 12.3. The Morgan fingerprint density at radius 2 is 1.25 bits per heavy atom. The van der Waals surface area contributed by atoms with Crippen LogP contribution in [0.3, 0.4) is 0 Å². The van der Waals surface area contributed by atoms with Crippen LogP contribution in [0.5, 0.6) is 0 Å². The standard InChI is InChI=1S/C12H26BrO6P/c1-3-18-20(14,19-4-2)12-11-17-10-9-16-8-7-15-6-5-13/h3-12H2,1-2H3. The van der Waals surface area contributed by atoms with E-state index in [1.807, 2.05) is 0 Å².